The Morgan fingerprint density at radius 1 is 1.30 bits per heavy atom. The zero-order valence-electron chi connectivity index (χ0n) is 10.6. The fraction of sp³-hybridized carbons (Fsp3) is 0.0714. The van der Waals surface area contributed by atoms with E-state index in [1.54, 1.807) is 0 Å². The number of fused-ring (bicyclic) bond motifs is 1. The van der Waals surface area contributed by atoms with E-state index in [2.05, 4.69) is 10.1 Å². The second-order valence-electron chi connectivity index (χ2n) is 4.41. The molecule has 6 heteroatoms. The summed E-state index contributed by atoms with van der Waals surface area (Å²) in [6, 6.07) is 9.46. The van der Waals surface area contributed by atoms with Gasteiger partial charge in [0.1, 0.15) is 17.3 Å². The maximum Gasteiger partial charge on any atom is 0.263 e. The van der Waals surface area contributed by atoms with E-state index in [0.29, 0.717) is 11.1 Å². The van der Waals surface area contributed by atoms with Gasteiger partial charge in [-0.2, -0.15) is 10.2 Å². The molecule has 0 amide bonds. The van der Waals surface area contributed by atoms with Gasteiger partial charge in [0, 0.05) is 5.56 Å². The molecule has 20 heavy (non-hydrogen) atoms. The summed E-state index contributed by atoms with van der Waals surface area (Å²) in [6.07, 6.45) is 0. The molecule has 6 nitrogen and oxygen atoms in total. The maximum atomic E-state index is 9.60. The summed E-state index contributed by atoms with van der Waals surface area (Å²) in [5.74, 6) is -0.455. The van der Waals surface area contributed by atoms with E-state index in [9.17, 15) is 5.11 Å². The van der Waals surface area contributed by atoms with E-state index >= 15 is 0 Å². The van der Waals surface area contributed by atoms with Gasteiger partial charge in [0.25, 0.3) is 5.71 Å². The van der Waals surface area contributed by atoms with Gasteiger partial charge in [-0.1, -0.05) is 35.0 Å². The number of nitrogens with two attached hydrogens (primary N) is 1. The van der Waals surface area contributed by atoms with Crippen LogP contribution in [0.15, 0.2) is 28.8 Å². The van der Waals surface area contributed by atoms with Crippen molar-refractivity contribution in [2.24, 2.45) is 0 Å². The molecule has 3 N–H and O–H groups in total. The molecule has 0 radical (unpaired) electrons. The number of nitrogen functional groups attached to an aromatic ring is 1. The number of aromatic hydroxyl groups is 1. The summed E-state index contributed by atoms with van der Waals surface area (Å²) < 4.78 is 5.08. The molecule has 2 heterocycles. The first-order valence-corrected chi connectivity index (χ1v) is 5.86. The Balaban J connectivity index is 2.33. The molecule has 0 aliphatic rings. The van der Waals surface area contributed by atoms with Crippen LogP contribution in [0.1, 0.15) is 11.1 Å². The van der Waals surface area contributed by atoms with E-state index in [-0.39, 0.29) is 17.0 Å². The second kappa shape index (κ2) is 4.24. The summed E-state index contributed by atoms with van der Waals surface area (Å²) >= 11 is 0. The molecule has 0 saturated heterocycles. The lowest BCUT2D eigenvalue weighted by atomic mass is 10.1. The minimum absolute atomic E-state index is 0.0749. The van der Waals surface area contributed by atoms with Crippen LogP contribution >= 0.6 is 0 Å². The third-order valence-corrected chi connectivity index (χ3v) is 3.08. The average molecular weight is 266 g/mol. The number of rotatable bonds is 1. The van der Waals surface area contributed by atoms with Gasteiger partial charge >= 0.3 is 0 Å². The Kier molecular flexibility index (Phi) is 2.54. The van der Waals surface area contributed by atoms with Crippen molar-refractivity contribution >= 4 is 16.8 Å². The highest BCUT2D eigenvalue weighted by Crippen LogP contribution is 2.35. The molecule has 0 fully saturated rings. The van der Waals surface area contributed by atoms with Crippen molar-refractivity contribution in [2.75, 3.05) is 5.73 Å². The van der Waals surface area contributed by atoms with Crippen LogP contribution in [0.25, 0.3) is 22.4 Å². The first-order valence-electron chi connectivity index (χ1n) is 5.86. The number of aryl methyl sites for hydroxylation is 1. The molecule has 0 bridgehead atoms. The van der Waals surface area contributed by atoms with E-state index < -0.39 is 5.88 Å². The highest BCUT2D eigenvalue weighted by molar-refractivity contribution is 6.01. The SMILES string of the molecule is Cc1ccc(-c2noc3nc(O)c(C#N)c(N)c23)cc1. The molecule has 0 saturated carbocycles. The van der Waals surface area contributed by atoms with Crippen LogP contribution in [-0.4, -0.2) is 15.2 Å². The third-order valence-electron chi connectivity index (χ3n) is 3.08. The quantitative estimate of drug-likeness (QED) is 0.699. The molecule has 1 aromatic carbocycles. The highest BCUT2D eigenvalue weighted by atomic mass is 16.5. The molecular weight excluding hydrogens is 256 g/mol. The first kappa shape index (κ1) is 12.0. The lowest BCUT2D eigenvalue weighted by molar-refractivity contribution is 0.428. The first-order chi connectivity index (χ1) is 9.61. The molecule has 0 spiro atoms. The van der Waals surface area contributed by atoms with Gasteiger partial charge in [-0.15, -0.1) is 0 Å². The number of pyridine rings is 1. The number of aromatic nitrogens is 2. The highest BCUT2D eigenvalue weighted by Gasteiger charge is 2.20. The molecule has 3 rings (SSSR count). The van der Waals surface area contributed by atoms with Crippen molar-refractivity contribution < 1.29 is 9.63 Å². The van der Waals surface area contributed by atoms with Crippen molar-refractivity contribution in [3.8, 4) is 23.2 Å². The van der Waals surface area contributed by atoms with E-state index in [4.69, 9.17) is 15.5 Å². The summed E-state index contributed by atoms with van der Waals surface area (Å²) in [4.78, 5) is 3.79. The third kappa shape index (κ3) is 1.65. The predicted molar refractivity (Wildman–Crippen MR) is 72.8 cm³/mol. The predicted octanol–water partition coefficient (Wildman–Crippen LogP) is 2.36. The van der Waals surface area contributed by atoms with Crippen LogP contribution in [0.4, 0.5) is 5.69 Å². The smallest absolute Gasteiger partial charge is 0.263 e. The van der Waals surface area contributed by atoms with Crippen LogP contribution in [-0.2, 0) is 0 Å². The average Bonchev–Trinajstić information content (AvgIpc) is 2.84. The van der Waals surface area contributed by atoms with Gasteiger partial charge in [-0.25, -0.2) is 0 Å². The van der Waals surface area contributed by atoms with Gasteiger partial charge < -0.3 is 15.4 Å². The standard InChI is InChI=1S/C14H10N4O2/c1-7-2-4-8(5-3-7)12-10-11(16)9(6-15)13(19)17-14(10)20-18-12/h2-5H,1H3,(H3,16,17,19). The van der Waals surface area contributed by atoms with Crippen molar-refractivity contribution in [1.82, 2.24) is 10.1 Å². The Morgan fingerprint density at radius 2 is 2.00 bits per heavy atom. The Bertz CT molecular complexity index is 844. The van der Waals surface area contributed by atoms with Crippen molar-refractivity contribution in [3.05, 3.63) is 35.4 Å². The topological polar surface area (TPSA) is 109 Å². The van der Waals surface area contributed by atoms with Crippen LogP contribution in [0.5, 0.6) is 5.88 Å². The van der Waals surface area contributed by atoms with Crippen LogP contribution in [0, 0.1) is 18.3 Å². The largest absolute Gasteiger partial charge is 0.492 e. The molecule has 0 unspecified atom stereocenters. The second-order valence-corrected chi connectivity index (χ2v) is 4.41. The number of benzene rings is 1. The maximum absolute atomic E-state index is 9.60. The minimum Gasteiger partial charge on any atom is -0.492 e. The summed E-state index contributed by atoms with van der Waals surface area (Å²) in [7, 11) is 0. The van der Waals surface area contributed by atoms with Gasteiger partial charge in [-0.05, 0) is 6.92 Å². The van der Waals surface area contributed by atoms with E-state index in [1.807, 2.05) is 37.3 Å². The van der Waals surface area contributed by atoms with E-state index in [1.165, 1.54) is 0 Å². The number of hydrogen-bond donors (Lipinski definition) is 2. The fourth-order valence-electron chi connectivity index (χ4n) is 2.02. The monoisotopic (exact) mass is 266 g/mol. The van der Waals surface area contributed by atoms with E-state index in [0.717, 1.165) is 11.1 Å². The van der Waals surface area contributed by atoms with Crippen LogP contribution in [0.3, 0.4) is 0 Å². The van der Waals surface area contributed by atoms with Crippen LogP contribution < -0.4 is 5.73 Å². The minimum atomic E-state index is -0.455. The van der Waals surface area contributed by atoms with Gasteiger partial charge in [0.05, 0.1) is 11.1 Å². The van der Waals surface area contributed by atoms with Crippen molar-refractivity contribution in [1.29, 1.82) is 5.26 Å². The zero-order valence-corrected chi connectivity index (χ0v) is 10.6. The summed E-state index contributed by atoms with van der Waals surface area (Å²) in [5, 5.41) is 23.0. The number of anilines is 1. The number of nitriles is 1. The zero-order chi connectivity index (χ0) is 14.3. The molecule has 0 aliphatic carbocycles. The molecule has 2 aromatic heterocycles. The molecular formula is C14H10N4O2. The molecule has 0 atom stereocenters. The Hall–Kier alpha value is -3.07. The molecule has 98 valence electrons. The molecule has 3 aromatic rings. The normalized spacial score (nSPS) is 10.6. The fourth-order valence-corrected chi connectivity index (χ4v) is 2.02. The van der Waals surface area contributed by atoms with Crippen molar-refractivity contribution in [3.63, 3.8) is 0 Å². The summed E-state index contributed by atoms with van der Waals surface area (Å²) in [6.45, 7) is 1.98. The lowest BCUT2D eigenvalue weighted by Gasteiger charge is -2.02. The lowest BCUT2D eigenvalue weighted by Crippen LogP contribution is -1.95. The van der Waals surface area contributed by atoms with Crippen molar-refractivity contribution in [2.45, 2.75) is 6.92 Å². The summed E-state index contributed by atoms with van der Waals surface area (Å²) in [5.41, 5.74) is 8.49. The van der Waals surface area contributed by atoms with Gasteiger partial charge in [0.15, 0.2) is 0 Å². The Morgan fingerprint density at radius 3 is 2.65 bits per heavy atom. The number of hydrogen-bond acceptors (Lipinski definition) is 6. The van der Waals surface area contributed by atoms with Gasteiger partial charge in [-0.3, -0.25) is 0 Å². The molecule has 0 aliphatic heterocycles. The van der Waals surface area contributed by atoms with Gasteiger partial charge in [0.2, 0.25) is 5.88 Å². The van der Waals surface area contributed by atoms with Crippen LogP contribution in [0.2, 0.25) is 0 Å². The Labute approximate surface area is 114 Å². The number of nitrogens with zero attached hydrogens (tertiary/aromatic N) is 3.